The van der Waals surface area contributed by atoms with Crippen LogP contribution in [0.5, 0.6) is 0 Å². The van der Waals surface area contributed by atoms with Gasteiger partial charge in [0.1, 0.15) is 0 Å². The minimum Gasteiger partial charge on any atom is -0.362 e. The molecule has 2 atom stereocenters. The SMILES string of the molecule is CC1CSC(=NCCC(=O)N2CCCCC2)NC1C. The number of likely N-dealkylation sites (tertiary alicyclic amines) is 1. The number of hydrogen-bond acceptors (Lipinski definition) is 3. The lowest BCUT2D eigenvalue weighted by atomic mass is 10.1. The number of hydrogen-bond donors (Lipinski definition) is 1. The molecule has 2 aliphatic rings. The summed E-state index contributed by atoms with van der Waals surface area (Å²) in [5, 5.41) is 4.42. The van der Waals surface area contributed by atoms with Gasteiger partial charge in [0.15, 0.2) is 5.17 Å². The summed E-state index contributed by atoms with van der Waals surface area (Å²) in [6.45, 7) is 6.94. The van der Waals surface area contributed by atoms with Crippen LogP contribution in [-0.4, -0.2) is 47.4 Å². The number of nitrogens with zero attached hydrogens (tertiary/aromatic N) is 2. The summed E-state index contributed by atoms with van der Waals surface area (Å²) in [5.41, 5.74) is 0. The molecule has 2 rings (SSSR count). The summed E-state index contributed by atoms with van der Waals surface area (Å²) in [6.07, 6.45) is 4.14. The number of rotatable bonds is 3. The van der Waals surface area contributed by atoms with E-state index in [1.807, 2.05) is 4.90 Å². The highest BCUT2D eigenvalue weighted by atomic mass is 32.2. The topological polar surface area (TPSA) is 44.7 Å². The van der Waals surface area contributed by atoms with Gasteiger partial charge in [-0.25, -0.2) is 0 Å². The molecule has 2 aliphatic heterocycles. The first-order chi connectivity index (χ1) is 9.16. The zero-order valence-corrected chi connectivity index (χ0v) is 12.8. The summed E-state index contributed by atoms with van der Waals surface area (Å²) < 4.78 is 0. The Hall–Kier alpha value is -0.710. The summed E-state index contributed by atoms with van der Waals surface area (Å²) in [6, 6.07) is 0.484. The summed E-state index contributed by atoms with van der Waals surface area (Å²) in [7, 11) is 0. The third kappa shape index (κ3) is 4.41. The number of carbonyl (C=O) groups excluding carboxylic acids is 1. The van der Waals surface area contributed by atoms with Crippen LogP contribution in [0.3, 0.4) is 0 Å². The first-order valence-electron chi connectivity index (χ1n) is 7.38. The Morgan fingerprint density at radius 1 is 1.37 bits per heavy atom. The first kappa shape index (κ1) is 14.7. The highest BCUT2D eigenvalue weighted by Crippen LogP contribution is 2.19. The first-order valence-corrected chi connectivity index (χ1v) is 8.37. The van der Waals surface area contributed by atoms with E-state index in [-0.39, 0.29) is 5.91 Å². The van der Waals surface area contributed by atoms with Crippen LogP contribution in [-0.2, 0) is 4.79 Å². The molecule has 0 bridgehead atoms. The van der Waals surface area contributed by atoms with Gasteiger partial charge in [0, 0.05) is 31.3 Å². The maximum atomic E-state index is 12.0. The van der Waals surface area contributed by atoms with E-state index in [4.69, 9.17) is 0 Å². The highest BCUT2D eigenvalue weighted by Gasteiger charge is 2.21. The second-order valence-electron chi connectivity index (χ2n) is 5.60. The van der Waals surface area contributed by atoms with Crippen LogP contribution in [0.25, 0.3) is 0 Å². The lowest BCUT2D eigenvalue weighted by molar-refractivity contribution is -0.131. The molecular formula is C14H25N3OS. The van der Waals surface area contributed by atoms with Gasteiger partial charge in [0.25, 0.3) is 0 Å². The zero-order chi connectivity index (χ0) is 13.7. The Morgan fingerprint density at radius 2 is 2.11 bits per heavy atom. The minimum absolute atomic E-state index is 0.270. The van der Waals surface area contributed by atoms with Crippen molar-refractivity contribution in [1.29, 1.82) is 0 Å². The van der Waals surface area contributed by atoms with Gasteiger partial charge in [-0.15, -0.1) is 0 Å². The van der Waals surface area contributed by atoms with Gasteiger partial charge in [0.2, 0.25) is 5.91 Å². The fourth-order valence-corrected chi connectivity index (χ4v) is 3.54. The predicted molar refractivity (Wildman–Crippen MR) is 81.6 cm³/mol. The zero-order valence-electron chi connectivity index (χ0n) is 12.0. The molecule has 5 heteroatoms. The van der Waals surface area contributed by atoms with Gasteiger partial charge in [0.05, 0.1) is 6.54 Å². The third-order valence-electron chi connectivity index (χ3n) is 3.98. The maximum absolute atomic E-state index is 12.0. The number of amides is 1. The lowest BCUT2D eigenvalue weighted by Crippen LogP contribution is -2.41. The molecule has 0 aromatic rings. The van der Waals surface area contributed by atoms with Crippen molar-refractivity contribution in [2.45, 2.75) is 45.6 Å². The van der Waals surface area contributed by atoms with Crippen molar-refractivity contribution in [2.24, 2.45) is 10.9 Å². The molecule has 2 saturated heterocycles. The van der Waals surface area contributed by atoms with E-state index in [9.17, 15) is 4.79 Å². The largest absolute Gasteiger partial charge is 0.362 e. The monoisotopic (exact) mass is 283 g/mol. The number of carbonyl (C=O) groups is 1. The smallest absolute Gasteiger partial charge is 0.224 e. The van der Waals surface area contributed by atoms with Crippen LogP contribution in [0, 0.1) is 5.92 Å². The van der Waals surface area contributed by atoms with E-state index in [0.29, 0.717) is 24.9 Å². The van der Waals surface area contributed by atoms with Gasteiger partial charge in [-0.3, -0.25) is 9.79 Å². The highest BCUT2D eigenvalue weighted by molar-refractivity contribution is 8.13. The molecule has 4 nitrogen and oxygen atoms in total. The molecule has 0 saturated carbocycles. The summed E-state index contributed by atoms with van der Waals surface area (Å²) in [5.74, 6) is 2.07. The molecule has 0 aliphatic carbocycles. The molecule has 0 aromatic heterocycles. The van der Waals surface area contributed by atoms with E-state index < -0.39 is 0 Å². The standard InChI is InChI=1S/C14H25N3OS/c1-11-10-19-14(16-12(11)2)15-7-6-13(18)17-8-4-3-5-9-17/h11-12H,3-10H2,1-2H3,(H,15,16). The molecule has 2 unspecified atom stereocenters. The van der Waals surface area contributed by atoms with Crippen LogP contribution in [0.15, 0.2) is 4.99 Å². The van der Waals surface area contributed by atoms with Crippen molar-refractivity contribution in [3.63, 3.8) is 0 Å². The van der Waals surface area contributed by atoms with E-state index >= 15 is 0 Å². The van der Waals surface area contributed by atoms with Crippen LogP contribution in [0.2, 0.25) is 0 Å². The lowest BCUT2D eigenvalue weighted by Gasteiger charge is -2.28. The van der Waals surface area contributed by atoms with Crippen molar-refractivity contribution < 1.29 is 4.79 Å². The third-order valence-corrected chi connectivity index (χ3v) is 5.19. The molecule has 2 heterocycles. The van der Waals surface area contributed by atoms with Crippen molar-refractivity contribution in [3.8, 4) is 0 Å². The Balaban J connectivity index is 1.71. The van der Waals surface area contributed by atoms with E-state index in [0.717, 1.165) is 36.9 Å². The van der Waals surface area contributed by atoms with Crippen molar-refractivity contribution in [1.82, 2.24) is 10.2 Å². The fraction of sp³-hybridized carbons (Fsp3) is 0.857. The second-order valence-corrected chi connectivity index (χ2v) is 6.61. The fourth-order valence-electron chi connectivity index (χ4n) is 2.38. The Kier molecular flexibility index (Phi) is 5.55. The molecule has 1 N–H and O–H groups in total. The Labute approximate surface area is 120 Å². The van der Waals surface area contributed by atoms with Crippen molar-refractivity contribution >= 4 is 22.8 Å². The molecule has 2 fully saturated rings. The Morgan fingerprint density at radius 3 is 2.79 bits per heavy atom. The number of aliphatic imine (C=N–C) groups is 1. The maximum Gasteiger partial charge on any atom is 0.224 e. The number of piperidine rings is 1. The van der Waals surface area contributed by atoms with Crippen molar-refractivity contribution in [3.05, 3.63) is 0 Å². The normalized spacial score (nSPS) is 30.2. The number of thioether (sulfide) groups is 1. The molecular weight excluding hydrogens is 258 g/mol. The summed E-state index contributed by atoms with van der Waals surface area (Å²) >= 11 is 1.78. The molecule has 19 heavy (non-hydrogen) atoms. The molecule has 0 aromatic carbocycles. The van der Waals surface area contributed by atoms with E-state index in [1.54, 1.807) is 11.8 Å². The number of nitrogens with one attached hydrogen (secondary N) is 1. The molecule has 1 amide bonds. The molecule has 0 spiro atoms. The van der Waals surface area contributed by atoms with Gasteiger partial charge < -0.3 is 10.2 Å². The van der Waals surface area contributed by atoms with Crippen LogP contribution in [0.1, 0.15) is 39.5 Å². The van der Waals surface area contributed by atoms with Gasteiger partial charge in [-0.05, 0) is 32.1 Å². The average molecular weight is 283 g/mol. The average Bonchev–Trinajstić information content (AvgIpc) is 2.43. The number of amidine groups is 1. The van der Waals surface area contributed by atoms with Gasteiger partial charge in [-0.2, -0.15) is 0 Å². The van der Waals surface area contributed by atoms with Gasteiger partial charge in [-0.1, -0.05) is 18.7 Å². The minimum atomic E-state index is 0.270. The van der Waals surface area contributed by atoms with E-state index in [2.05, 4.69) is 24.2 Å². The molecule has 108 valence electrons. The van der Waals surface area contributed by atoms with E-state index in [1.165, 1.54) is 6.42 Å². The predicted octanol–water partition coefficient (Wildman–Crippen LogP) is 2.11. The van der Waals surface area contributed by atoms with Crippen LogP contribution < -0.4 is 5.32 Å². The quantitative estimate of drug-likeness (QED) is 0.863. The van der Waals surface area contributed by atoms with Crippen LogP contribution >= 0.6 is 11.8 Å². The van der Waals surface area contributed by atoms with Gasteiger partial charge >= 0.3 is 0 Å². The summed E-state index contributed by atoms with van der Waals surface area (Å²) in [4.78, 5) is 18.5. The molecule has 0 radical (unpaired) electrons. The second kappa shape index (κ2) is 7.17. The van der Waals surface area contributed by atoms with Crippen molar-refractivity contribution in [2.75, 3.05) is 25.4 Å². The Bertz CT molecular complexity index is 340. The van der Waals surface area contributed by atoms with Crippen LogP contribution in [0.4, 0.5) is 0 Å².